The lowest BCUT2D eigenvalue weighted by molar-refractivity contribution is -0.114. The Labute approximate surface area is 190 Å². The number of rotatable bonds is 8. The van der Waals surface area contributed by atoms with E-state index in [2.05, 4.69) is 25.6 Å². The zero-order chi connectivity index (χ0) is 24.5. The van der Waals surface area contributed by atoms with E-state index in [4.69, 9.17) is 36.1 Å². The van der Waals surface area contributed by atoms with Gasteiger partial charge < -0.3 is 20.5 Å². The Balaban J connectivity index is 2.57. The molecule has 3 N–H and O–H groups in total. The Bertz CT molecular complexity index is 998. The number of ether oxygens (including phenoxy) is 1. The van der Waals surface area contributed by atoms with Crippen LogP contribution in [0.2, 0.25) is 5.11 Å². The molecule has 2 aromatic rings. The van der Waals surface area contributed by atoms with E-state index in [1.807, 2.05) is 0 Å². The fraction of sp³-hybridized carbons (Fsp3) is 0.444. The number of nitrogens with zero attached hydrogens (tertiary/aromatic N) is 3. The summed E-state index contributed by atoms with van der Waals surface area (Å²) in [6.07, 6.45) is 1.08. The lowest BCUT2D eigenvalue weighted by atomic mass is 9.35. The van der Waals surface area contributed by atoms with Gasteiger partial charge in [0.05, 0.1) is 35.4 Å². The zero-order valence-electron chi connectivity index (χ0n) is 18.0. The summed E-state index contributed by atoms with van der Waals surface area (Å²) in [6.45, 7) is 5.48. The number of amides is 1. The van der Waals surface area contributed by atoms with E-state index in [9.17, 15) is 18.7 Å². The molecule has 2 aromatic heterocycles. The van der Waals surface area contributed by atoms with Crippen molar-refractivity contribution in [3.05, 3.63) is 29.8 Å². The number of pyridine rings is 1. The Kier molecular flexibility index (Phi) is 7.28. The van der Waals surface area contributed by atoms with Gasteiger partial charge in [-0.15, -0.1) is 0 Å². The molecule has 0 spiro atoms. The van der Waals surface area contributed by atoms with E-state index in [0.29, 0.717) is 12.6 Å². The van der Waals surface area contributed by atoms with Crippen LogP contribution in [0.15, 0.2) is 18.3 Å². The fourth-order valence-corrected chi connectivity index (χ4v) is 2.29. The van der Waals surface area contributed by atoms with Crippen molar-refractivity contribution < 1.29 is 23.4 Å². The minimum Gasteiger partial charge on any atom is -0.470 e. The molecule has 8 nitrogen and oxygen atoms in total. The van der Waals surface area contributed by atoms with Crippen LogP contribution in [0.4, 0.5) is 26.1 Å². The number of halogens is 2. The molecular weight excluding hydrogens is 415 g/mol. The van der Waals surface area contributed by atoms with E-state index in [0.717, 1.165) is 6.20 Å². The third-order valence-corrected chi connectivity index (χ3v) is 4.05. The van der Waals surface area contributed by atoms with Crippen LogP contribution in [-0.2, 0) is 10.7 Å². The molecular formula is C18H19B4F2N5O3. The monoisotopic (exact) mass is 435 g/mol. The van der Waals surface area contributed by atoms with Crippen LogP contribution in [0.3, 0.4) is 0 Å². The van der Waals surface area contributed by atoms with Crippen molar-refractivity contribution in [1.29, 1.82) is 0 Å². The van der Waals surface area contributed by atoms with E-state index >= 15 is 0 Å². The molecule has 8 radical (unpaired) electrons. The Morgan fingerprint density at radius 1 is 1.16 bits per heavy atom. The minimum absolute atomic E-state index is 0.0230. The molecule has 32 heavy (non-hydrogen) atoms. The van der Waals surface area contributed by atoms with Crippen molar-refractivity contribution in [3.63, 3.8) is 0 Å². The first kappa shape index (κ1) is 25.6. The van der Waals surface area contributed by atoms with Gasteiger partial charge in [-0.1, -0.05) is 19.0 Å². The Morgan fingerprint density at radius 2 is 1.78 bits per heavy atom. The highest BCUT2D eigenvalue weighted by Crippen LogP contribution is 2.36. The van der Waals surface area contributed by atoms with Crippen LogP contribution in [0, 0.1) is 0 Å². The van der Waals surface area contributed by atoms with Crippen molar-refractivity contribution in [2.75, 3.05) is 10.6 Å². The molecule has 1 unspecified atom stereocenters. The average molecular weight is 435 g/mol. The normalized spacial score (nSPS) is 14.0. The summed E-state index contributed by atoms with van der Waals surface area (Å²) in [4.78, 5) is 23.1. The third kappa shape index (κ3) is 6.44. The lowest BCUT2D eigenvalue weighted by Gasteiger charge is -2.39. The van der Waals surface area contributed by atoms with Gasteiger partial charge in [0.2, 0.25) is 11.7 Å². The molecule has 1 atom stereocenters. The maximum absolute atomic E-state index is 13.9. The maximum Gasteiger partial charge on any atom is 0.303 e. The highest BCUT2D eigenvalue weighted by atomic mass is 19.3. The van der Waals surface area contributed by atoms with Crippen LogP contribution < -0.4 is 15.4 Å². The number of nitrogens with one attached hydrogen (secondary N) is 2. The van der Waals surface area contributed by atoms with Crippen LogP contribution in [0.1, 0.15) is 45.1 Å². The first-order chi connectivity index (χ1) is 14.5. The molecule has 2 rings (SSSR count). The van der Waals surface area contributed by atoms with Crippen LogP contribution in [0.25, 0.3) is 0 Å². The van der Waals surface area contributed by atoms with Gasteiger partial charge >= 0.3 is 5.92 Å². The smallest absolute Gasteiger partial charge is 0.303 e. The second-order valence-electron chi connectivity index (χ2n) is 7.65. The van der Waals surface area contributed by atoms with E-state index in [1.54, 1.807) is 13.8 Å². The van der Waals surface area contributed by atoms with Gasteiger partial charge in [0.15, 0.2) is 13.6 Å². The number of alkyl halides is 2. The van der Waals surface area contributed by atoms with E-state index in [1.165, 1.54) is 19.1 Å². The summed E-state index contributed by atoms with van der Waals surface area (Å²) in [7, 11) is 21.9. The molecule has 0 saturated carbocycles. The first-order valence-electron chi connectivity index (χ1n) is 9.38. The predicted octanol–water partition coefficient (Wildman–Crippen LogP) is 1.58. The lowest BCUT2D eigenvalue weighted by Crippen LogP contribution is -2.50. The van der Waals surface area contributed by atoms with Gasteiger partial charge in [0.25, 0.3) is 0 Å². The largest absolute Gasteiger partial charge is 0.470 e. The average Bonchev–Trinajstić information content (AvgIpc) is 2.61. The van der Waals surface area contributed by atoms with Gasteiger partial charge in [-0.05, 0) is 5.92 Å². The molecule has 0 aliphatic heterocycles. The number of carbonyl (C=O) groups excluding carboxylic acids is 1. The third-order valence-electron chi connectivity index (χ3n) is 4.05. The standard InChI is InChI=1S/C18H19B4F2N5O3/c1-8(2)10-5-14(29-15(28-10)16(4,23)24)27-11-6-13(26-9(3)30)25-7-12(11)32-18(22,31)17(19,20)21/h5-8,31H,1-4H3,(H2,25,26,27,28,29,30). The summed E-state index contributed by atoms with van der Waals surface area (Å²) < 4.78 is 33.1. The Hall–Kier alpha value is -2.62. The number of carbonyl (C=O) groups is 1. The van der Waals surface area contributed by atoms with Crippen LogP contribution in [-0.4, -0.2) is 63.0 Å². The summed E-state index contributed by atoms with van der Waals surface area (Å²) in [5.74, 6) is -4.79. The molecule has 0 bridgehead atoms. The second kappa shape index (κ2) is 9.09. The highest BCUT2D eigenvalue weighted by Gasteiger charge is 2.36. The molecule has 0 aliphatic carbocycles. The summed E-state index contributed by atoms with van der Waals surface area (Å²) >= 11 is 0. The fourth-order valence-electron chi connectivity index (χ4n) is 2.29. The maximum atomic E-state index is 13.9. The second-order valence-corrected chi connectivity index (χ2v) is 7.65. The molecule has 14 heteroatoms. The quantitative estimate of drug-likeness (QED) is 0.427. The number of hydrogen-bond acceptors (Lipinski definition) is 7. The Morgan fingerprint density at radius 3 is 2.28 bits per heavy atom. The molecule has 160 valence electrons. The van der Waals surface area contributed by atoms with Crippen molar-refractivity contribution in [1.82, 2.24) is 15.0 Å². The summed E-state index contributed by atoms with van der Waals surface area (Å²) in [5.41, 5.74) is -2.38. The SMILES string of the molecule is [B]C([B])([B])C([B])(O)Oc1cnc(NC(C)=O)cc1Nc1cc(C(C)C)nc(C(C)(F)F)n1. The van der Waals surface area contributed by atoms with Crippen molar-refractivity contribution >= 4 is 54.6 Å². The van der Waals surface area contributed by atoms with Crippen LogP contribution in [0.5, 0.6) is 5.75 Å². The first-order valence-corrected chi connectivity index (χ1v) is 9.38. The molecule has 0 aliphatic rings. The van der Waals surface area contributed by atoms with E-state index < -0.39 is 28.5 Å². The number of hydrogen-bond donors (Lipinski definition) is 3. The zero-order valence-corrected chi connectivity index (χ0v) is 18.0. The number of anilines is 3. The molecule has 0 fully saturated rings. The minimum atomic E-state index is -3.31. The van der Waals surface area contributed by atoms with Crippen molar-refractivity contribution in [3.8, 4) is 5.75 Å². The van der Waals surface area contributed by atoms with Gasteiger partial charge in [-0.3, -0.25) is 4.79 Å². The molecule has 2 heterocycles. The van der Waals surface area contributed by atoms with Crippen molar-refractivity contribution in [2.24, 2.45) is 0 Å². The van der Waals surface area contributed by atoms with Gasteiger partial charge in [0, 0.05) is 31.7 Å². The van der Waals surface area contributed by atoms with Crippen LogP contribution >= 0.6 is 0 Å². The number of aliphatic hydroxyl groups is 1. The molecule has 0 saturated heterocycles. The molecule has 0 aromatic carbocycles. The molecule has 1 amide bonds. The summed E-state index contributed by atoms with van der Waals surface area (Å²) in [6, 6.07) is 2.74. The van der Waals surface area contributed by atoms with Gasteiger partial charge in [-0.2, -0.15) is 8.78 Å². The van der Waals surface area contributed by atoms with Crippen molar-refractivity contribution in [2.45, 2.75) is 50.3 Å². The van der Waals surface area contributed by atoms with E-state index in [-0.39, 0.29) is 29.0 Å². The predicted molar refractivity (Wildman–Crippen MR) is 119 cm³/mol. The van der Waals surface area contributed by atoms with Gasteiger partial charge in [-0.25, -0.2) is 15.0 Å². The number of aromatic nitrogens is 3. The summed E-state index contributed by atoms with van der Waals surface area (Å²) in [5, 5.41) is 13.1. The highest BCUT2D eigenvalue weighted by molar-refractivity contribution is 6.62. The topological polar surface area (TPSA) is 109 Å². The van der Waals surface area contributed by atoms with Gasteiger partial charge in [0.1, 0.15) is 17.3 Å².